The molecule has 0 amide bonds. The Hall–Kier alpha value is -2.34. The van der Waals surface area contributed by atoms with Crippen LogP contribution in [-0.2, 0) is 11.2 Å². The van der Waals surface area contributed by atoms with Crippen LogP contribution in [-0.4, -0.2) is 23.5 Å². The third kappa shape index (κ3) is 2.27. The number of nitro benzene ring substituents is 1. The lowest BCUT2D eigenvalue weighted by molar-refractivity contribution is -0.383. The van der Waals surface area contributed by atoms with E-state index in [9.17, 15) is 14.9 Å². The zero-order valence-corrected chi connectivity index (χ0v) is 11.6. The third-order valence-electron chi connectivity index (χ3n) is 3.54. The molecule has 0 aromatic heterocycles. The van der Waals surface area contributed by atoms with Crippen LogP contribution in [0.4, 0.5) is 11.4 Å². The van der Waals surface area contributed by atoms with Crippen molar-refractivity contribution in [1.82, 2.24) is 0 Å². The second kappa shape index (κ2) is 5.21. The summed E-state index contributed by atoms with van der Waals surface area (Å²) in [5.74, 6) is -0.543. The van der Waals surface area contributed by atoms with Gasteiger partial charge in [-0.1, -0.05) is 11.6 Å². The molecule has 0 unspecified atom stereocenters. The molecular formula is C14H11ClN2O4. The normalized spacial score (nSPS) is 12.8. The van der Waals surface area contributed by atoms with Gasteiger partial charge in [0, 0.05) is 18.3 Å². The molecule has 0 bridgehead atoms. The highest BCUT2D eigenvalue weighted by Gasteiger charge is 2.22. The van der Waals surface area contributed by atoms with Crippen LogP contribution in [0.25, 0.3) is 10.8 Å². The Bertz CT molecular complexity index is 760. The van der Waals surface area contributed by atoms with Crippen molar-refractivity contribution in [2.75, 3.05) is 17.9 Å². The monoisotopic (exact) mass is 306 g/mol. The minimum absolute atomic E-state index is 0.0235. The fourth-order valence-corrected chi connectivity index (χ4v) is 2.72. The molecule has 1 heterocycles. The van der Waals surface area contributed by atoms with Crippen molar-refractivity contribution >= 4 is 39.7 Å². The summed E-state index contributed by atoms with van der Waals surface area (Å²) in [7, 11) is 0. The first-order chi connectivity index (χ1) is 10.1. The summed E-state index contributed by atoms with van der Waals surface area (Å²) in [5, 5.41) is 15.5. The second-order valence-electron chi connectivity index (χ2n) is 4.66. The molecule has 7 heteroatoms. The van der Waals surface area contributed by atoms with Gasteiger partial charge >= 0.3 is 5.97 Å². The SMILES string of the molecule is O=C(OCCl)c1ccc2c([N+](=O)[O-])cc3c(c2c1)CCN3. The maximum Gasteiger partial charge on any atom is 0.339 e. The molecule has 3 rings (SSSR count). The number of carbonyl (C=O) groups excluding carboxylic acids is 1. The van der Waals surface area contributed by atoms with Gasteiger partial charge in [0.1, 0.15) is 0 Å². The van der Waals surface area contributed by atoms with E-state index >= 15 is 0 Å². The molecule has 0 saturated heterocycles. The van der Waals surface area contributed by atoms with Crippen molar-refractivity contribution in [3.8, 4) is 0 Å². The molecule has 0 aliphatic carbocycles. The summed E-state index contributed by atoms with van der Waals surface area (Å²) in [6.45, 7) is 0.724. The second-order valence-corrected chi connectivity index (χ2v) is 4.88. The number of anilines is 1. The fourth-order valence-electron chi connectivity index (χ4n) is 2.62. The number of benzene rings is 2. The highest BCUT2D eigenvalue weighted by molar-refractivity contribution is 6.17. The van der Waals surface area contributed by atoms with Gasteiger partial charge < -0.3 is 10.1 Å². The Kier molecular flexibility index (Phi) is 3.39. The molecule has 1 aliphatic rings. The Morgan fingerprint density at radius 3 is 2.90 bits per heavy atom. The Morgan fingerprint density at radius 2 is 2.19 bits per heavy atom. The number of esters is 1. The van der Waals surface area contributed by atoms with E-state index in [4.69, 9.17) is 16.3 Å². The predicted octanol–water partition coefficient (Wildman–Crippen LogP) is 3.07. The Morgan fingerprint density at radius 1 is 1.38 bits per heavy atom. The number of hydrogen-bond donors (Lipinski definition) is 1. The molecule has 1 aliphatic heterocycles. The molecule has 0 saturated carbocycles. The molecule has 0 atom stereocenters. The number of hydrogen-bond acceptors (Lipinski definition) is 5. The van der Waals surface area contributed by atoms with E-state index in [1.807, 2.05) is 0 Å². The lowest BCUT2D eigenvalue weighted by Crippen LogP contribution is -2.04. The van der Waals surface area contributed by atoms with Gasteiger partial charge in [0.05, 0.1) is 15.9 Å². The minimum Gasteiger partial charge on any atom is -0.446 e. The zero-order valence-electron chi connectivity index (χ0n) is 10.9. The van der Waals surface area contributed by atoms with Crippen molar-refractivity contribution < 1.29 is 14.5 Å². The van der Waals surface area contributed by atoms with E-state index < -0.39 is 10.9 Å². The first-order valence-electron chi connectivity index (χ1n) is 6.33. The van der Waals surface area contributed by atoms with Gasteiger partial charge in [0.25, 0.3) is 5.69 Å². The number of ether oxygens (including phenoxy) is 1. The van der Waals surface area contributed by atoms with Crippen molar-refractivity contribution in [1.29, 1.82) is 0 Å². The number of nitrogens with zero attached hydrogens (tertiary/aromatic N) is 1. The first-order valence-corrected chi connectivity index (χ1v) is 6.86. The lowest BCUT2D eigenvalue weighted by Gasteiger charge is -2.08. The van der Waals surface area contributed by atoms with Crippen molar-refractivity contribution in [2.24, 2.45) is 0 Å². The largest absolute Gasteiger partial charge is 0.446 e. The molecule has 0 fully saturated rings. The van der Waals surface area contributed by atoms with E-state index in [1.165, 1.54) is 6.07 Å². The summed E-state index contributed by atoms with van der Waals surface area (Å²) < 4.78 is 4.75. The van der Waals surface area contributed by atoms with Gasteiger partial charge in [-0.15, -0.1) is 0 Å². The van der Waals surface area contributed by atoms with Crippen LogP contribution in [0.2, 0.25) is 0 Å². The number of alkyl halides is 1. The van der Waals surface area contributed by atoms with Crippen LogP contribution >= 0.6 is 11.6 Å². The number of non-ortho nitro benzene ring substituents is 1. The van der Waals surface area contributed by atoms with E-state index in [0.717, 1.165) is 24.2 Å². The third-order valence-corrected chi connectivity index (χ3v) is 3.64. The van der Waals surface area contributed by atoms with E-state index in [-0.39, 0.29) is 11.8 Å². The first kappa shape index (κ1) is 13.6. The number of carbonyl (C=O) groups is 1. The summed E-state index contributed by atoms with van der Waals surface area (Å²) in [6.07, 6.45) is 0.762. The van der Waals surface area contributed by atoms with Gasteiger partial charge in [0.2, 0.25) is 0 Å². The highest BCUT2D eigenvalue weighted by atomic mass is 35.5. The Balaban J connectivity index is 2.24. The summed E-state index contributed by atoms with van der Waals surface area (Å²) >= 11 is 5.38. The minimum atomic E-state index is -0.543. The van der Waals surface area contributed by atoms with Gasteiger partial charge in [-0.2, -0.15) is 0 Å². The summed E-state index contributed by atoms with van der Waals surface area (Å²) in [4.78, 5) is 22.5. The Labute approximate surface area is 124 Å². The topological polar surface area (TPSA) is 81.5 Å². The number of nitrogens with one attached hydrogen (secondary N) is 1. The fraction of sp³-hybridized carbons (Fsp3) is 0.214. The van der Waals surface area contributed by atoms with Crippen LogP contribution < -0.4 is 5.32 Å². The standard InChI is InChI=1S/C14H11ClN2O4/c15-7-21-14(18)8-1-2-10-11(5-8)9-3-4-16-12(9)6-13(10)17(19)20/h1-2,5-6,16H,3-4,7H2. The molecule has 108 valence electrons. The molecule has 6 nitrogen and oxygen atoms in total. The maximum atomic E-state index is 11.8. The predicted molar refractivity (Wildman–Crippen MR) is 78.9 cm³/mol. The lowest BCUT2D eigenvalue weighted by atomic mass is 9.98. The molecule has 21 heavy (non-hydrogen) atoms. The molecular weight excluding hydrogens is 296 g/mol. The van der Waals surface area contributed by atoms with E-state index in [2.05, 4.69) is 5.32 Å². The van der Waals surface area contributed by atoms with Gasteiger partial charge in [-0.25, -0.2) is 4.79 Å². The van der Waals surface area contributed by atoms with Crippen molar-refractivity contribution in [3.05, 3.63) is 45.5 Å². The quantitative estimate of drug-likeness (QED) is 0.408. The van der Waals surface area contributed by atoms with Gasteiger partial charge in [0.15, 0.2) is 6.07 Å². The average molecular weight is 307 g/mol. The van der Waals surface area contributed by atoms with Crippen LogP contribution in [0, 0.1) is 10.1 Å². The number of rotatable bonds is 3. The molecule has 0 spiro atoms. The number of fused-ring (bicyclic) bond motifs is 3. The van der Waals surface area contributed by atoms with Crippen LogP contribution in [0.15, 0.2) is 24.3 Å². The number of halogens is 1. The van der Waals surface area contributed by atoms with Gasteiger partial charge in [-0.3, -0.25) is 10.1 Å². The summed E-state index contributed by atoms with van der Waals surface area (Å²) in [5.41, 5.74) is 2.08. The maximum absolute atomic E-state index is 11.8. The van der Waals surface area contributed by atoms with E-state index in [0.29, 0.717) is 16.3 Å². The van der Waals surface area contributed by atoms with Crippen LogP contribution in [0.5, 0.6) is 0 Å². The summed E-state index contributed by atoms with van der Waals surface area (Å²) in [6, 6.07) is 6.03. The van der Waals surface area contributed by atoms with E-state index in [1.54, 1.807) is 18.2 Å². The van der Waals surface area contributed by atoms with Crippen LogP contribution in [0.1, 0.15) is 15.9 Å². The van der Waals surface area contributed by atoms with Crippen molar-refractivity contribution in [3.63, 3.8) is 0 Å². The molecule has 0 radical (unpaired) electrons. The number of nitro groups is 1. The molecule has 2 aromatic rings. The molecule has 1 N–H and O–H groups in total. The molecule has 2 aromatic carbocycles. The average Bonchev–Trinajstić information content (AvgIpc) is 2.94. The smallest absolute Gasteiger partial charge is 0.339 e. The van der Waals surface area contributed by atoms with Gasteiger partial charge in [-0.05, 0) is 35.6 Å². The van der Waals surface area contributed by atoms with Crippen LogP contribution in [0.3, 0.4) is 0 Å². The zero-order chi connectivity index (χ0) is 15.0. The highest BCUT2D eigenvalue weighted by Crippen LogP contribution is 2.37. The van der Waals surface area contributed by atoms with Crippen molar-refractivity contribution in [2.45, 2.75) is 6.42 Å².